The molecule has 4 rings (SSSR count). The third-order valence-corrected chi connectivity index (χ3v) is 5.80. The molecule has 2 atom stereocenters. The normalized spacial score (nSPS) is 26.5. The lowest BCUT2D eigenvalue weighted by Crippen LogP contribution is -2.21. The quantitative estimate of drug-likeness (QED) is 0.869. The summed E-state index contributed by atoms with van der Waals surface area (Å²) in [6, 6.07) is 4.03. The molecule has 0 aliphatic carbocycles. The number of hydrogen-bond acceptors (Lipinski definition) is 4. The zero-order chi connectivity index (χ0) is 14.1. The number of pyridine rings is 1. The highest BCUT2D eigenvalue weighted by Gasteiger charge is 2.25. The second-order valence-corrected chi connectivity index (χ2v) is 7.31. The Labute approximate surface area is 129 Å². The SMILES string of the molecule is c1cnc2c(c1)nc(CC1CCCS1)n2C1CCCCO1. The Morgan fingerprint density at radius 1 is 1.29 bits per heavy atom. The molecule has 2 fully saturated rings. The minimum Gasteiger partial charge on any atom is -0.358 e. The van der Waals surface area contributed by atoms with Gasteiger partial charge in [0.15, 0.2) is 5.65 Å². The topological polar surface area (TPSA) is 39.9 Å². The van der Waals surface area contributed by atoms with Gasteiger partial charge in [-0.1, -0.05) is 0 Å². The molecule has 0 saturated carbocycles. The zero-order valence-corrected chi connectivity index (χ0v) is 13.0. The Hall–Kier alpha value is -1.07. The van der Waals surface area contributed by atoms with E-state index in [2.05, 4.69) is 27.4 Å². The molecule has 112 valence electrons. The molecule has 2 aromatic rings. The molecule has 4 nitrogen and oxygen atoms in total. The van der Waals surface area contributed by atoms with Gasteiger partial charge in [0, 0.05) is 24.5 Å². The second-order valence-electron chi connectivity index (χ2n) is 5.90. The summed E-state index contributed by atoms with van der Waals surface area (Å²) >= 11 is 2.09. The number of imidazole rings is 1. The van der Waals surface area contributed by atoms with Crippen LogP contribution >= 0.6 is 11.8 Å². The molecule has 0 N–H and O–H groups in total. The summed E-state index contributed by atoms with van der Waals surface area (Å²) in [5, 5.41) is 0.712. The van der Waals surface area contributed by atoms with E-state index in [0.29, 0.717) is 5.25 Å². The second kappa shape index (κ2) is 5.97. The fraction of sp³-hybridized carbons (Fsp3) is 0.625. The van der Waals surface area contributed by atoms with Gasteiger partial charge >= 0.3 is 0 Å². The van der Waals surface area contributed by atoms with Crippen LogP contribution in [-0.2, 0) is 11.2 Å². The van der Waals surface area contributed by atoms with Crippen molar-refractivity contribution < 1.29 is 4.74 Å². The first kappa shape index (κ1) is 13.6. The first-order chi connectivity index (χ1) is 10.4. The van der Waals surface area contributed by atoms with Gasteiger partial charge in [0.05, 0.1) is 0 Å². The summed E-state index contributed by atoms with van der Waals surface area (Å²) in [5.41, 5.74) is 1.99. The van der Waals surface area contributed by atoms with Crippen molar-refractivity contribution in [2.45, 2.75) is 50.0 Å². The number of aromatic nitrogens is 3. The van der Waals surface area contributed by atoms with Crippen molar-refractivity contribution >= 4 is 22.9 Å². The Bertz CT molecular complexity index is 615. The number of hydrogen-bond donors (Lipinski definition) is 0. The number of rotatable bonds is 3. The first-order valence-electron chi connectivity index (χ1n) is 7.97. The molecule has 0 amide bonds. The summed E-state index contributed by atoms with van der Waals surface area (Å²) in [5.74, 6) is 2.46. The molecule has 2 aromatic heterocycles. The Kier molecular flexibility index (Phi) is 3.86. The molecule has 21 heavy (non-hydrogen) atoms. The molecular formula is C16H21N3OS. The van der Waals surface area contributed by atoms with Crippen molar-refractivity contribution in [2.24, 2.45) is 0 Å². The van der Waals surface area contributed by atoms with E-state index in [9.17, 15) is 0 Å². The summed E-state index contributed by atoms with van der Waals surface area (Å²) < 4.78 is 8.28. The number of ether oxygens (including phenoxy) is 1. The maximum atomic E-state index is 6.01. The van der Waals surface area contributed by atoms with Crippen molar-refractivity contribution in [3.8, 4) is 0 Å². The Morgan fingerprint density at radius 3 is 3.10 bits per heavy atom. The molecule has 0 bridgehead atoms. The van der Waals surface area contributed by atoms with Gasteiger partial charge in [-0.3, -0.25) is 4.57 Å². The molecule has 4 heterocycles. The van der Waals surface area contributed by atoms with Gasteiger partial charge < -0.3 is 4.74 Å². The molecule has 2 unspecified atom stereocenters. The summed E-state index contributed by atoms with van der Waals surface area (Å²) in [7, 11) is 0. The molecule has 2 saturated heterocycles. The van der Waals surface area contributed by atoms with E-state index in [1.165, 1.54) is 31.4 Å². The monoisotopic (exact) mass is 303 g/mol. The number of fused-ring (bicyclic) bond motifs is 1. The van der Waals surface area contributed by atoms with Crippen molar-refractivity contribution in [3.63, 3.8) is 0 Å². The van der Waals surface area contributed by atoms with Crippen LogP contribution in [0, 0.1) is 0 Å². The molecule has 5 heteroatoms. The third kappa shape index (κ3) is 2.69. The highest BCUT2D eigenvalue weighted by Crippen LogP contribution is 2.32. The van der Waals surface area contributed by atoms with Crippen LogP contribution in [0.15, 0.2) is 18.3 Å². The van der Waals surface area contributed by atoms with Crippen LogP contribution in [0.3, 0.4) is 0 Å². The predicted molar refractivity (Wildman–Crippen MR) is 85.6 cm³/mol. The van der Waals surface area contributed by atoms with Gasteiger partial charge in [-0.15, -0.1) is 0 Å². The maximum absolute atomic E-state index is 6.01. The largest absolute Gasteiger partial charge is 0.358 e. The lowest BCUT2D eigenvalue weighted by molar-refractivity contribution is -0.0313. The van der Waals surface area contributed by atoms with Crippen molar-refractivity contribution in [1.29, 1.82) is 0 Å². The lowest BCUT2D eigenvalue weighted by atomic mass is 10.1. The fourth-order valence-electron chi connectivity index (χ4n) is 3.36. The lowest BCUT2D eigenvalue weighted by Gasteiger charge is -2.26. The van der Waals surface area contributed by atoms with E-state index in [1.807, 2.05) is 12.3 Å². The number of nitrogens with zero attached hydrogens (tertiary/aromatic N) is 3. The summed E-state index contributed by atoms with van der Waals surface area (Å²) in [4.78, 5) is 9.42. The van der Waals surface area contributed by atoms with Crippen molar-refractivity contribution in [3.05, 3.63) is 24.2 Å². The Morgan fingerprint density at radius 2 is 2.29 bits per heavy atom. The predicted octanol–water partition coefficient (Wildman–Crippen LogP) is 3.57. The maximum Gasteiger partial charge on any atom is 0.162 e. The summed E-state index contributed by atoms with van der Waals surface area (Å²) in [6.45, 7) is 0.856. The van der Waals surface area contributed by atoms with E-state index in [1.54, 1.807) is 0 Å². The minimum atomic E-state index is 0.125. The summed E-state index contributed by atoms with van der Waals surface area (Å²) in [6.07, 6.45) is 9.16. The van der Waals surface area contributed by atoms with Crippen LogP contribution in [-0.4, -0.2) is 32.1 Å². The molecular weight excluding hydrogens is 282 g/mol. The van der Waals surface area contributed by atoms with Crippen LogP contribution in [0.4, 0.5) is 0 Å². The van der Waals surface area contributed by atoms with Crippen LogP contribution < -0.4 is 0 Å². The molecule has 2 aliphatic heterocycles. The van der Waals surface area contributed by atoms with Crippen LogP contribution in [0.2, 0.25) is 0 Å². The molecule has 2 aliphatic rings. The van der Waals surface area contributed by atoms with Gasteiger partial charge in [-0.2, -0.15) is 11.8 Å². The van der Waals surface area contributed by atoms with E-state index < -0.39 is 0 Å². The highest BCUT2D eigenvalue weighted by atomic mass is 32.2. The molecule has 0 spiro atoms. The van der Waals surface area contributed by atoms with Crippen molar-refractivity contribution in [2.75, 3.05) is 12.4 Å². The van der Waals surface area contributed by atoms with E-state index in [4.69, 9.17) is 9.72 Å². The average molecular weight is 303 g/mol. The van der Waals surface area contributed by atoms with Gasteiger partial charge in [-0.25, -0.2) is 9.97 Å². The van der Waals surface area contributed by atoms with Gasteiger partial charge in [0.25, 0.3) is 0 Å². The van der Waals surface area contributed by atoms with Gasteiger partial charge in [-0.05, 0) is 50.0 Å². The van der Waals surface area contributed by atoms with Gasteiger partial charge in [0.1, 0.15) is 17.6 Å². The minimum absolute atomic E-state index is 0.125. The van der Waals surface area contributed by atoms with E-state index >= 15 is 0 Å². The average Bonchev–Trinajstić information content (AvgIpc) is 3.15. The third-order valence-electron chi connectivity index (χ3n) is 4.40. The Balaban J connectivity index is 1.72. The standard InChI is InChI=1S/C16H21N3OS/c1-2-9-20-15(7-1)19-14(11-12-5-4-10-21-12)18-13-6-3-8-17-16(13)19/h3,6,8,12,15H,1-2,4-5,7,9-11H2. The number of thioether (sulfide) groups is 1. The molecule has 0 aromatic carbocycles. The van der Waals surface area contributed by atoms with E-state index in [0.717, 1.165) is 36.4 Å². The van der Waals surface area contributed by atoms with E-state index in [-0.39, 0.29) is 6.23 Å². The van der Waals surface area contributed by atoms with Gasteiger partial charge in [0.2, 0.25) is 0 Å². The highest BCUT2D eigenvalue weighted by molar-refractivity contribution is 8.00. The van der Waals surface area contributed by atoms with Crippen LogP contribution in [0.5, 0.6) is 0 Å². The smallest absolute Gasteiger partial charge is 0.162 e. The molecule has 0 radical (unpaired) electrons. The van der Waals surface area contributed by atoms with Crippen LogP contribution in [0.25, 0.3) is 11.2 Å². The van der Waals surface area contributed by atoms with Crippen molar-refractivity contribution in [1.82, 2.24) is 14.5 Å². The first-order valence-corrected chi connectivity index (χ1v) is 9.02. The fourth-order valence-corrected chi connectivity index (χ4v) is 4.63. The zero-order valence-electron chi connectivity index (χ0n) is 12.2. The van der Waals surface area contributed by atoms with Crippen LogP contribution in [0.1, 0.15) is 44.2 Å².